The van der Waals surface area contributed by atoms with Crippen molar-refractivity contribution in [2.75, 3.05) is 25.9 Å². The summed E-state index contributed by atoms with van der Waals surface area (Å²) in [6.07, 6.45) is 3.09. The lowest BCUT2D eigenvalue weighted by atomic mass is 10.1. The maximum Gasteiger partial charge on any atom is 0.303 e. The van der Waals surface area contributed by atoms with Crippen molar-refractivity contribution < 1.29 is 23.1 Å². The van der Waals surface area contributed by atoms with Crippen molar-refractivity contribution >= 4 is 21.9 Å². The summed E-state index contributed by atoms with van der Waals surface area (Å²) in [6, 6.07) is -0.603. The number of likely N-dealkylation sites (tertiary alicyclic amines) is 1. The van der Waals surface area contributed by atoms with Gasteiger partial charge >= 0.3 is 5.97 Å². The van der Waals surface area contributed by atoms with E-state index in [9.17, 15) is 18.0 Å². The number of hydrogen-bond donors (Lipinski definition) is 1. The molecule has 0 aromatic heterocycles. The molecule has 2 rings (SSSR count). The van der Waals surface area contributed by atoms with Crippen molar-refractivity contribution in [2.45, 2.75) is 31.7 Å². The molecule has 0 aromatic rings. The third-order valence-electron chi connectivity index (χ3n) is 3.98. The number of amides is 1. The highest BCUT2D eigenvalue weighted by Gasteiger charge is 2.40. The van der Waals surface area contributed by atoms with Crippen LogP contribution in [0.2, 0.25) is 0 Å². The van der Waals surface area contributed by atoms with Crippen LogP contribution in [-0.2, 0) is 19.6 Å². The molecule has 0 saturated carbocycles. The van der Waals surface area contributed by atoms with Gasteiger partial charge < -0.3 is 10.0 Å². The molecule has 7 nitrogen and oxygen atoms in total. The van der Waals surface area contributed by atoms with E-state index in [1.807, 2.05) is 0 Å². The van der Waals surface area contributed by atoms with E-state index in [4.69, 9.17) is 5.11 Å². The Balaban J connectivity index is 2.00. The van der Waals surface area contributed by atoms with Gasteiger partial charge in [0.15, 0.2) is 0 Å². The molecule has 1 N–H and O–H groups in total. The van der Waals surface area contributed by atoms with Crippen LogP contribution >= 0.6 is 0 Å². The van der Waals surface area contributed by atoms with E-state index in [0.717, 1.165) is 6.26 Å². The van der Waals surface area contributed by atoms with Gasteiger partial charge in [-0.3, -0.25) is 9.59 Å². The molecule has 0 bridgehead atoms. The maximum atomic E-state index is 12.4. The fraction of sp³-hybridized carbons (Fsp3) is 0.833. The minimum absolute atomic E-state index is 0.0236. The molecule has 0 aromatic carbocycles. The summed E-state index contributed by atoms with van der Waals surface area (Å²) in [5.74, 6) is -1.06. The Morgan fingerprint density at radius 3 is 2.55 bits per heavy atom. The number of carbonyl (C=O) groups excluding carboxylic acids is 1. The highest BCUT2D eigenvalue weighted by Crippen LogP contribution is 2.26. The van der Waals surface area contributed by atoms with Crippen LogP contribution in [-0.4, -0.2) is 66.5 Å². The zero-order valence-electron chi connectivity index (χ0n) is 11.5. The minimum Gasteiger partial charge on any atom is -0.481 e. The molecule has 2 aliphatic heterocycles. The molecule has 0 radical (unpaired) electrons. The van der Waals surface area contributed by atoms with Gasteiger partial charge in [0, 0.05) is 26.1 Å². The van der Waals surface area contributed by atoms with Crippen LogP contribution in [0, 0.1) is 5.92 Å². The van der Waals surface area contributed by atoms with Crippen LogP contribution in [0.15, 0.2) is 0 Å². The predicted molar refractivity (Wildman–Crippen MR) is 71.5 cm³/mol. The van der Waals surface area contributed by atoms with Crippen molar-refractivity contribution in [3.8, 4) is 0 Å². The van der Waals surface area contributed by atoms with Crippen molar-refractivity contribution in [2.24, 2.45) is 5.92 Å². The Morgan fingerprint density at radius 2 is 1.95 bits per heavy atom. The Hall–Kier alpha value is -1.15. The van der Waals surface area contributed by atoms with E-state index in [1.54, 1.807) is 4.90 Å². The normalized spacial score (nSPS) is 27.9. The second-order valence-electron chi connectivity index (χ2n) is 5.57. The first-order chi connectivity index (χ1) is 9.29. The zero-order valence-corrected chi connectivity index (χ0v) is 12.3. The Labute approximate surface area is 118 Å². The summed E-state index contributed by atoms with van der Waals surface area (Å²) < 4.78 is 24.6. The predicted octanol–water partition coefficient (Wildman–Crippen LogP) is -0.266. The molecule has 2 unspecified atom stereocenters. The van der Waals surface area contributed by atoms with Gasteiger partial charge in [-0.25, -0.2) is 8.42 Å². The third-order valence-corrected chi connectivity index (χ3v) is 5.26. The summed E-state index contributed by atoms with van der Waals surface area (Å²) in [7, 11) is -3.37. The lowest BCUT2D eigenvalue weighted by Crippen LogP contribution is -2.46. The molecule has 2 atom stereocenters. The number of sulfonamides is 1. The second kappa shape index (κ2) is 5.69. The number of nitrogens with zero attached hydrogens (tertiary/aromatic N) is 2. The van der Waals surface area contributed by atoms with E-state index in [1.165, 1.54) is 4.31 Å². The van der Waals surface area contributed by atoms with E-state index < -0.39 is 22.0 Å². The van der Waals surface area contributed by atoms with E-state index in [0.29, 0.717) is 38.9 Å². The number of aliphatic carboxylic acids is 1. The number of rotatable bonds is 4. The molecule has 114 valence electrons. The largest absolute Gasteiger partial charge is 0.481 e. The monoisotopic (exact) mass is 304 g/mol. The zero-order chi connectivity index (χ0) is 14.9. The summed E-state index contributed by atoms with van der Waals surface area (Å²) >= 11 is 0. The van der Waals surface area contributed by atoms with Gasteiger partial charge in [-0.2, -0.15) is 4.31 Å². The third kappa shape index (κ3) is 3.29. The van der Waals surface area contributed by atoms with E-state index in [-0.39, 0.29) is 18.2 Å². The minimum atomic E-state index is -3.37. The molecule has 8 heteroatoms. The standard InChI is InChI=1S/C12H20N2O5S/c1-20(18,19)14-5-2-3-10(14)12(17)13-6-4-9(8-13)7-11(15)16/h9-10H,2-8H2,1H3,(H,15,16). The van der Waals surface area contributed by atoms with Crippen molar-refractivity contribution in [1.82, 2.24) is 9.21 Å². The molecular formula is C12H20N2O5S. The van der Waals surface area contributed by atoms with Gasteiger partial charge in [-0.1, -0.05) is 0 Å². The fourth-order valence-electron chi connectivity index (χ4n) is 3.04. The van der Waals surface area contributed by atoms with Crippen LogP contribution in [0.25, 0.3) is 0 Å². The van der Waals surface area contributed by atoms with Crippen molar-refractivity contribution in [1.29, 1.82) is 0 Å². The lowest BCUT2D eigenvalue weighted by Gasteiger charge is -2.26. The summed E-state index contributed by atoms with van der Waals surface area (Å²) in [5.41, 5.74) is 0. The SMILES string of the molecule is CS(=O)(=O)N1CCCC1C(=O)N1CCC(CC(=O)O)C1. The van der Waals surface area contributed by atoms with E-state index in [2.05, 4.69) is 0 Å². The molecule has 2 heterocycles. The molecular weight excluding hydrogens is 284 g/mol. The Morgan fingerprint density at radius 1 is 1.25 bits per heavy atom. The Bertz CT molecular complexity index is 504. The first-order valence-corrected chi connectivity index (χ1v) is 8.61. The first kappa shape index (κ1) is 15.2. The number of carboxylic acids is 1. The van der Waals surface area contributed by atoms with Crippen molar-refractivity contribution in [3.05, 3.63) is 0 Å². The van der Waals surface area contributed by atoms with Gasteiger partial charge in [0.25, 0.3) is 0 Å². The number of hydrogen-bond acceptors (Lipinski definition) is 4. The van der Waals surface area contributed by atoms with Crippen LogP contribution in [0.5, 0.6) is 0 Å². The quantitative estimate of drug-likeness (QED) is 0.771. The molecule has 2 aliphatic rings. The van der Waals surface area contributed by atoms with Crippen LogP contribution in [0.4, 0.5) is 0 Å². The van der Waals surface area contributed by atoms with Crippen LogP contribution < -0.4 is 0 Å². The average molecular weight is 304 g/mol. The number of carboxylic acid groups (broad SMARTS) is 1. The van der Waals surface area contributed by atoms with Crippen molar-refractivity contribution in [3.63, 3.8) is 0 Å². The Kier molecular flexibility index (Phi) is 4.33. The molecule has 0 spiro atoms. The fourth-order valence-corrected chi connectivity index (χ4v) is 4.16. The molecule has 2 fully saturated rings. The molecule has 0 aliphatic carbocycles. The lowest BCUT2D eigenvalue weighted by molar-refractivity contribution is -0.139. The molecule has 1 amide bonds. The molecule has 20 heavy (non-hydrogen) atoms. The highest BCUT2D eigenvalue weighted by molar-refractivity contribution is 7.88. The van der Waals surface area contributed by atoms with E-state index >= 15 is 0 Å². The highest BCUT2D eigenvalue weighted by atomic mass is 32.2. The number of carbonyl (C=O) groups is 2. The molecule has 2 saturated heterocycles. The summed E-state index contributed by atoms with van der Waals surface area (Å²) in [4.78, 5) is 24.7. The van der Waals surface area contributed by atoms with Crippen LogP contribution in [0.1, 0.15) is 25.7 Å². The second-order valence-corrected chi connectivity index (χ2v) is 7.50. The maximum absolute atomic E-state index is 12.4. The van der Waals surface area contributed by atoms with Gasteiger partial charge in [0.05, 0.1) is 6.26 Å². The van der Waals surface area contributed by atoms with Crippen LogP contribution in [0.3, 0.4) is 0 Å². The topological polar surface area (TPSA) is 95.0 Å². The van der Waals surface area contributed by atoms with Gasteiger partial charge in [0.1, 0.15) is 6.04 Å². The smallest absolute Gasteiger partial charge is 0.303 e. The summed E-state index contributed by atoms with van der Waals surface area (Å²) in [6.45, 7) is 1.33. The van der Waals surface area contributed by atoms with Gasteiger partial charge in [-0.15, -0.1) is 0 Å². The van der Waals surface area contributed by atoms with Gasteiger partial charge in [0.2, 0.25) is 15.9 Å². The summed E-state index contributed by atoms with van der Waals surface area (Å²) in [5, 5.41) is 8.77. The average Bonchev–Trinajstić information content (AvgIpc) is 2.93. The van der Waals surface area contributed by atoms with Gasteiger partial charge in [-0.05, 0) is 25.2 Å². The first-order valence-electron chi connectivity index (χ1n) is 6.76.